The van der Waals surface area contributed by atoms with E-state index in [0.29, 0.717) is 34.6 Å². The summed E-state index contributed by atoms with van der Waals surface area (Å²) in [5.74, 6) is 0.285. The summed E-state index contributed by atoms with van der Waals surface area (Å²) in [5, 5.41) is 0. The molecule has 0 aliphatic carbocycles. The lowest BCUT2D eigenvalue weighted by atomic mass is 10.2. The molecule has 0 bridgehead atoms. The third-order valence-corrected chi connectivity index (χ3v) is 4.71. The Morgan fingerprint density at radius 2 is 1.78 bits per heavy atom. The van der Waals surface area contributed by atoms with Gasteiger partial charge in [-0.2, -0.15) is 0 Å². The van der Waals surface area contributed by atoms with E-state index in [0.717, 1.165) is 0 Å². The summed E-state index contributed by atoms with van der Waals surface area (Å²) in [4.78, 5) is 26.5. The largest absolute Gasteiger partial charge is 0.465 e. The summed E-state index contributed by atoms with van der Waals surface area (Å²) < 4.78 is 16.9. The quantitative estimate of drug-likeness (QED) is 0.745. The minimum atomic E-state index is -0.860. The molecule has 2 heterocycles. The van der Waals surface area contributed by atoms with Gasteiger partial charge in [0.15, 0.2) is 6.10 Å². The number of ether oxygens (including phenoxy) is 2. The Morgan fingerprint density at radius 3 is 2.26 bits per heavy atom. The fourth-order valence-corrected chi connectivity index (χ4v) is 3.30. The minimum Gasteiger partial charge on any atom is -0.465 e. The lowest BCUT2D eigenvalue weighted by Crippen LogP contribution is -2.51. The number of esters is 1. The molecule has 1 amide bonds. The molecule has 1 aliphatic heterocycles. The fraction of sp³-hybridized carbons (Fsp3) is 0.625. The monoisotopic (exact) mass is 387 g/mol. The van der Waals surface area contributed by atoms with Gasteiger partial charge in [-0.3, -0.25) is 4.79 Å². The van der Waals surface area contributed by atoms with Crippen molar-refractivity contribution in [1.82, 2.24) is 4.90 Å². The van der Waals surface area contributed by atoms with E-state index in [1.807, 2.05) is 13.8 Å². The molecule has 0 radical (unpaired) electrons. The molecule has 1 fully saturated rings. The fourth-order valence-electron chi connectivity index (χ4n) is 2.77. The van der Waals surface area contributed by atoms with Crippen LogP contribution in [0.25, 0.3) is 0 Å². The Balaban J connectivity index is 2.04. The maximum absolute atomic E-state index is 12.5. The average Bonchev–Trinajstić information content (AvgIpc) is 2.70. The Hall–Kier alpha value is -1.34. The molecule has 0 N–H and O–H groups in total. The van der Waals surface area contributed by atoms with Gasteiger partial charge in [0.25, 0.3) is 5.91 Å². The van der Waals surface area contributed by atoms with Crippen LogP contribution in [0.4, 0.5) is 0 Å². The van der Waals surface area contributed by atoms with Gasteiger partial charge in [-0.1, -0.05) is 0 Å². The maximum Gasteiger partial charge on any atom is 0.343 e. The van der Waals surface area contributed by atoms with Crippen molar-refractivity contribution in [3.63, 3.8) is 0 Å². The van der Waals surface area contributed by atoms with Crippen LogP contribution in [0.1, 0.15) is 42.6 Å². The number of morpholine rings is 1. The van der Waals surface area contributed by atoms with Crippen molar-refractivity contribution >= 4 is 27.8 Å². The SMILES string of the molecule is Cc1oc(C)c(C(=O)O[C@H](C)C(=O)N2C[C@H](C)O[C@@H](C)C2)c1Br. The first-order valence-electron chi connectivity index (χ1n) is 7.61. The predicted molar refractivity (Wildman–Crippen MR) is 87.3 cm³/mol. The molecule has 1 aromatic heterocycles. The second kappa shape index (κ2) is 7.05. The van der Waals surface area contributed by atoms with Crippen LogP contribution in [-0.4, -0.2) is 48.2 Å². The van der Waals surface area contributed by atoms with Gasteiger partial charge in [0, 0.05) is 13.1 Å². The number of carbonyl (C=O) groups excluding carboxylic acids is 2. The van der Waals surface area contributed by atoms with E-state index < -0.39 is 12.1 Å². The van der Waals surface area contributed by atoms with Crippen molar-refractivity contribution in [2.45, 2.75) is 52.9 Å². The molecule has 128 valence electrons. The highest BCUT2D eigenvalue weighted by Crippen LogP contribution is 2.28. The van der Waals surface area contributed by atoms with E-state index in [4.69, 9.17) is 13.9 Å². The minimum absolute atomic E-state index is 0.0292. The van der Waals surface area contributed by atoms with Crippen LogP contribution < -0.4 is 0 Å². The Kier molecular flexibility index (Phi) is 5.52. The summed E-state index contributed by atoms with van der Waals surface area (Å²) in [6, 6.07) is 0. The van der Waals surface area contributed by atoms with Gasteiger partial charge in [0.05, 0.1) is 16.7 Å². The molecule has 0 aromatic carbocycles. The van der Waals surface area contributed by atoms with Crippen molar-refractivity contribution in [2.75, 3.05) is 13.1 Å². The molecule has 1 aliphatic rings. The number of hydrogen-bond donors (Lipinski definition) is 0. The van der Waals surface area contributed by atoms with Crippen molar-refractivity contribution in [3.05, 3.63) is 21.6 Å². The number of hydrogen-bond acceptors (Lipinski definition) is 5. The van der Waals surface area contributed by atoms with Crippen molar-refractivity contribution in [2.24, 2.45) is 0 Å². The van der Waals surface area contributed by atoms with Crippen LogP contribution >= 0.6 is 15.9 Å². The molecule has 1 aromatic rings. The molecule has 23 heavy (non-hydrogen) atoms. The third-order valence-electron chi connectivity index (χ3n) is 3.75. The van der Waals surface area contributed by atoms with E-state index in [-0.39, 0.29) is 18.1 Å². The van der Waals surface area contributed by atoms with Crippen LogP contribution in [0.15, 0.2) is 8.89 Å². The maximum atomic E-state index is 12.5. The van der Waals surface area contributed by atoms with Gasteiger partial charge < -0.3 is 18.8 Å². The average molecular weight is 388 g/mol. The van der Waals surface area contributed by atoms with E-state index in [1.165, 1.54) is 0 Å². The molecule has 2 rings (SSSR count). The van der Waals surface area contributed by atoms with E-state index >= 15 is 0 Å². The number of furan rings is 1. The lowest BCUT2D eigenvalue weighted by Gasteiger charge is -2.36. The molecule has 1 saturated heterocycles. The zero-order valence-corrected chi connectivity index (χ0v) is 15.6. The molecule has 7 heteroatoms. The molecule has 6 nitrogen and oxygen atoms in total. The van der Waals surface area contributed by atoms with Crippen LogP contribution in [0.5, 0.6) is 0 Å². The first-order valence-corrected chi connectivity index (χ1v) is 8.40. The smallest absolute Gasteiger partial charge is 0.343 e. The summed E-state index contributed by atoms with van der Waals surface area (Å²) in [6.07, 6.45) is -0.918. The highest BCUT2D eigenvalue weighted by Gasteiger charge is 2.31. The van der Waals surface area contributed by atoms with E-state index in [9.17, 15) is 9.59 Å². The van der Waals surface area contributed by atoms with Crippen LogP contribution in [0.3, 0.4) is 0 Å². The second-order valence-corrected chi connectivity index (χ2v) is 6.74. The van der Waals surface area contributed by atoms with Gasteiger partial charge in [0.1, 0.15) is 17.1 Å². The van der Waals surface area contributed by atoms with E-state index in [2.05, 4.69) is 15.9 Å². The Labute approximate surface area is 144 Å². The van der Waals surface area contributed by atoms with Gasteiger partial charge in [-0.25, -0.2) is 4.79 Å². The highest BCUT2D eigenvalue weighted by atomic mass is 79.9. The van der Waals surface area contributed by atoms with Gasteiger partial charge >= 0.3 is 5.97 Å². The normalized spacial score (nSPS) is 22.8. The summed E-state index contributed by atoms with van der Waals surface area (Å²) in [6.45, 7) is 9.85. The molecule has 0 unspecified atom stereocenters. The van der Waals surface area contributed by atoms with Gasteiger partial charge in [0.2, 0.25) is 0 Å². The molecular formula is C16H22BrNO5. The molecule has 3 atom stereocenters. The van der Waals surface area contributed by atoms with Crippen LogP contribution in [0.2, 0.25) is 0 Å². The van der Waals surface area contributed by atoms with Crippen LogP contribution in [0, 0.1) is 13.8 Å². The van der Waals surface area contributed by atoms with E-state index in [1.54, 1.807) is 25.7 Å². The van der Waals surface area contributed by atoms with Crippen molar-refractivity contribution < 1.29 is 23.5 Å². The number of rotatable bonds is 3. The molecule has 0 saturated carbocycles. The molecule has 0 spiro atoms. The number of amides is 1. The van der Waals surface area contributed by atoms with Crippen molar-refractivity contribution in [3.8, 4) is 0 Å². The van der Waals surface area contributed by atoms with Crippen LogP contribution in [-0.2, 0) is 14.3 Å². The summed E-state index contributed by atoms with van der Waals surface area (Å²) in [5.41, 5.74) is 0.325. The third kappa shape index (κ3) is 3.95. The predicted octanol–water partition coefficient (Wildman–Crippen LogP) is 2.84. The zero-order valence-electron chi connectivity index (χ0n) is 14.0. The summed E-state index contributed by atoms with van der Waals surface area (Å²) >= 11 is 3.31. The summed E-state index contributed by atoms with van der Waals surface area (Å²) in [7, 11) is 0. The number of aryl methyl sites for hydroxylation is 2. The number of halogens is 1. The van der Waals surface area contributed by atoms with Gasteiger partial charge in [-0.05, 0) is 50.5 Å². The molecular weight excluding hydrogens is 366 g/mol. The zero-order chi connectivity index (χ0) is 17.3. The first-order chi connectivity index (χ1) is 10.7. The Morgan fingerprint density at radius 1 is 1.22 bits per heavy atom. The topological polar surface area (TPSA) is 69.0 Å². The van der Waals surface area contributed by atoms with Crippen molar-refractivity contribution in [1.29, 1.82) is 0 Å². The number of carbonyl (C=O) groups is 2. The first kappa shape index (κ1) is 18.0. The highest BCUT2D eigenvalue weighted by molar-refractivity contribution is 9.10. The Bertz CT molecular complexity index is 602. The number of nitrogens with zero attached hydrogens (tertiary/aromatic N) is 1. The van der Waals surface area contributed by atoms with Gasteiger partial charge in [-0.15, -0.1) is 0 Å². The second-order valence-electron chi connectivity index (χ2n) is 5.95. The standard InChI is InChI=1S/C16H22BrNO5/c1-8-6-18(7-9(2)21-8)15(19)12(5)23-16(20)13-10(3)22-11(4)14(13)17/h8-9,12H,6-7H2,1-5H3/t8-,9-,12+/m0/s1. The lowest BCUT2D eigenvalue weighted by molar-refractivity contribution is -0.151.